The highest BCUT2D eigenvalue weighted by Crippen LogP contribution is 2.28. The van der Waals surface area contributed by atoms with Crippen LogP contribution in [0, 0.1) is 0 Å². The number of hydrogen-bond acceptors (Lipinski definition) is 7. The van der Waals surface area contributed by atoms with E-state index in [0.29, 0.717) is 16.8 Å². The average Bonchev–Trinajstić information content (AvgIpc) is 3.21. The number of rotatable bonds is 6. The van der Waals surface area contributed by atoms with Crippen molar-refractivity contribution in [1.82, 2.24) is 15.4 Å². The molecular formula is C20H14F6N4O4. The Morgan fingerprint density at radius 1 is 0.941 bits per heavy atom. The Balaban J connectivity index is 1.67. The van der Waals surface area contributed by atoms with E-state index in [4.69, 9.17) is 0 Å². The van der Waals surface area contributed by atoms with Crippen LogP contribution < -0.4 is 9.64 Å². The number of H-pyrrole nitrogens is 1. The number of carbonyl (C=O) groups is 2. The zero-order chi connectivity index (χ0) is 25.1. The second-order valence-corrected chi connectivity index (χ2v) is 6.78. The predicted molar refractivity (Wildman–Crippen MR) is 104 cm³/mol. The number of aromatic nitrogens is 3. The third-order valence-electron chi connectivity index (χ3n) is 4.36. The zero-order valence-corrected chi connectivity index (χ0v) is 17.1. The number of anilines is 1. The van der Waals surface area contributed by atoms with E-state index >= 15 is 0 Å². The van der Waals surface area contributed by atoms with Crippen LogP contribution in [0.5, 0.6) is 5.75 Å². The minimum Gasteiger partial charge on any atom is -0.406 e. The van der Waals surface area contributed by atoms with E-state index in [1.165, 1.54) is 24.3 Å². The Bertz CT molecular complexity index is 1160. The molecule has 0 unspecified atom stereocenters. The lowest BCUT2D eigenvalue weighted by Crippen LogP contribution is -2.29. The number of hydrogen-bond donors (Lipinski definition) is 1. The van der Waals surface area contributed by atoms with E-state index in [2.05, 4.69) is 24.9 Å². The van der Waals surface area contributed by atoms with Crippen LogP contribution in [0.1, 0.15) is 16.2 Å². The number of benzene rings is 2. The maximum Gasteiger partial charge on any atom is 0.573 e. The third-order valence-corrected chi connectivity index (χ3v) is 4.36. The number of esters is 2. The smallest absolute Gasteiger partial charge is 0.406 e. The van der Waals surface area contributed by atoms with E-state index in [9.17, 15) is 35.9 Å². The van der Waals surface area contributed by atoms with Gasteiger partial charge in [0.25, 0.3) is 0 Å². The molecule has 14 heteroatoms. The standard InChI is InChI=1S/C20H14F6N4O4/c1-30(10-15-16(28-29-27-15)17(31)33-18(32)19(21,22)23)13-6-2-11(3-7-13)12-4-8-14(9-5-12)34-20(24,25)26/h2-9H,10H2,1H3,(H,27,28,29). The normalized spacial score (nSPS) is 11.7. The van der Waals surface area contributed by atoms with E-state index in [1.54, 1.807) is 36.2 Å². The van der Waals surface area contributed by atoms with Crippen molar-refractivity contribution in [3.63, 3.8) is 0 Å². The fourth-order valence-electron chi connectivity index (χ4n) is 2.79. The zero-order valence-electron chi connectivity index (χ0n) is 17.1. The Kier molecular flexibility index (Phi) is 6.79. The molecule has 0 bridgehead atoms. The lowest BCUT2D eigenvalue weighted by Gasteiger charge is -2.19. The van der Waals surface area contributed by atoms with Crippen molar-refractivity contribution >= 4 is 17.6 Å². The molecule has 0 amide bonds. The lowest BCUT2D eigenvalue weighted by molar-refractivity contribution is -0.274. The highest BCUT2D eigenvalue weighted by atomic mass is 19.4. The van der Waals surface area contributed by atoms with Gasteiger partial charge >= 0.3 is 24.5 Å². The van der Waals surface area contributed by atoms with Gasteiger partial charge in [0.1, 0.15) is 11.4 Å². The first-order chi connectivity index (χ1) is 15.8. The minimum atomic E-state index is -5.34. The summed E-state index contributed by atoms with van der Waals surface area (Å²) in [7, 11) is 1.60. The van der Waals surface area contributed by atoms with Crippen LogP contribution in [0.4, 0.5) is 32.0 Å². The molecule has 0 aliphatic carbocycles. The molecule has 8 nitrogen and oxygen atoms in total. The van der Waals surface area contributed by atoms with E-state index in [-0.39, 0.29) is 18.0 Å². The van der Waals surface area contributed by atoms with Crippen LogP contribution in [0.2, 0.25) is 0 Å². The van der Waals surface area contributed by atoms with E-state index in [0.717, 1.165) is 0 Å². The van der Waals surface area contributed by atoms with Crippen molar-refractivity contribution in [3.8, 4) is 16.9 Å². The minimum absolute atomic E-state index is 0.0631. The number of alkyl halides is 6. The molecule has 1 aromatic heterocycles. The summed E-state index contributed by atoms with van der Waals surface area (Å²) in [6.07, 6.45) is -10.1. The van der Waals surface area contributed by atoms with Crippen molar-refractivity contribution < 1.29 is 45.4 Å². The topological polar surface area (TPSA) is 97.4 Å². The van der Waals surface area contributed by atoms with Gasteiger partial charge < -0.3 is 14.4 Å². The molecule has 0 fully saturated rings. The monoisotopic (exact) mass is 488 g/mol. The van der Waals surface area contributed by atoms with Crippen molar-refractivity contribution in [2.45, 2.75) is 19.1 Å². The summed E-state index contributed by atoms with van der Waals surface area (Å²) in [6, 6.07) is 12.0. The molecule has 0 aliphatic rings. The van der Waals surface area contributed by atoms with E-state index < -0.39 is 30.2 Å². The molecular weight excluding hydrogens is 474 g/mol. The van der Waals surface area contributed by atoms with Gasteiger partial charge in [0, 0.05) is 12.7 Å². The number of nitrogens with zero attached hydrogens (tertiary/aromatic N) is 3. The van der Waals surface area contributed by atoms with Gasteiger partial charge in [0.05, 0.1) is 6.54 Å². The van der Waals surface area contributed by atoms with Gasteiger partial charge in [-0.1, -0.05) is 29.5 Å². The SMILES string of the molecule is CN(Cc1nn[nH]c1C(=O)OC(=O)C(F)(F)F)c1ccc(-c2ccc(OC(F)(F)F)cc2)cc1. The van der Waals surface area contributed by atoms with Crippen LogP contribution in [0.15, 0.2) is 48.5 Å². The first kappa shape index (κ1) is 24.5. The summed E-state index contributed by atoms with van der Waals surface area (Å²) < 4.78 is 81.3. The molecule has 1 N–H and O–H groups in total. The van der Waals surface area contributed by atoms with Gasteiger partial charge in [-0.2, -0.15) is 13.2 Å². The van der Waals surface area contributed by atoms with Crippen LogP contribution in [-0.2, 0) is 16.1 Å². The molecule has 180 valence electrons. The number of carbonyl (C=O) groups excluding carboxylic acids is 2. The lowest BCUT2D eigenvalue weighted by atomic mass is 10.1. The number of nitrogens with one attached hydrogen (secondary N) is 1. The molecule has 3 aromatic rings. The molecule has 0 atom stereocenters. The highest BCUT2D eigenvalue weighted by molar-refractivity contribution is 5.97. The van der Waals surface area contributed by atoms with Crippen LogP contribution >= 0.6 is 0 Å². The molecule has 3 rings (SSSR count). The van der Waals surface area contributed by atoms with Gasteiger partial charge in [-0.25, -0.2) is 9.59 Å². The Hall–Kier alpha value is -4.10. The van der Waals surface area contributed by atoms with Gasteiger partial charge in [-0.15, -0.1) is 18.3 Å². The fourth-order valence-corrected chi connectivity index (χ4v) is 2.79. The fraction of sp³-hybridized carbons (Fsp3) is 0.200. The summed E-state index contributed by atoms with van der Waals surface area (Å²) in [5, 5.41) is 9.11. The summed E-state index contributed by atoms with van der Waals surface area (Å²) in [4.78, 5) is 24.3. The number of halogens is 6. The van der Waals surface area contributed by atoms with Crippen LogP contribution in [0.25, 0.3) is 11.1 Å². The van der Waals surface area contributed by atoms with Crippen molar-refractivity contribution in [1.29, 1.82) is 0 Å². The summed E-state index contributed by atoms with van der Waals surface area (Å²) in [5.74, 6) is -4.60. The van der Waals surface area contributed by atoms with Crippen LogP contribution in [0.3, 0.4) is 0 Å². The van der Waals surface area contributed by atoms with E-state index in [1.807, 2.05) is 0 Å². The molecule has 34 heavy (non-hydrogen) atoms. The molecule has 0 saturated heterocycles. The predicted octanol–water partition coefficient (Wildman–Crippen LogP) is 4.25. The number of aromatic amines is 1. The molecule has 0 saturated carbocycles. The maximum absolute atomic E-state index is 12.3. The molecule has 2 aromatic carbocycles. The quantitative estimate of drug-likeness (QED) is 0.315. The highest BCUT2D eigenvalue weighted by Gasteiger charge is 2.43. The van der Waals surface area contributed by atoms with Gasteiger partial charge in [0.15, 0.2) is 5.69 Å². The summed E-state index contributed by atoms with van der Waals surface area (Å²) in [6.45, 7) is -0.0794. The van der Waals surface area contributed by atoms with Crippen molar-refractivity contribution in [3.05, 3.63) is 59.9 Å². The van der Waals surface area contributed by atoms with Crippen LogP contribution in [-0.4, -0.2) is 46.9 Å². The largest absolute Gasteiger partial charge is 0.573 e. The Morgan fingerprint density at radius 2 is 1.50 bits per heavy atom. The first-order valence-electron chi connectivity index (χ1n) is 9.24. The second kappa shape index (κ2) is 9.41. The Labute approximate surface area is 187 Å². The Morgan fingerprint density at radius 3 is 2.03 bits per heavy atom. The average molecular weight is 488 g/mol. The second-order valence-electron chi connectivity index (χ2n) is 6.78. The molecule has 0 aliphatic heterocycles. The molecule has 1 heterocycles. The molecule has 0 radical (unpaired) electrons. The maximum atomic E-state index is 12.3. The summed E-state index contributed by atoms with van der Waals surface area (Å²) >= 11 is 0. The first-order valence-corrected chi connectivity index (χ1v) is 9.24. The molecule has 0 spiro atoms. The summed E-state index contributed by atoms with van der Waals surface area (Å²) in [5.41, 5.74) is 1.34. The van der Waals surface area contributed by atoms with Crippen molar-refractivity contribution in [2.24, 2.45) is 0 Å². The van der Waals surface area contributed by atoms with Gasteiger partial charge in [-0.05, 0) is 35.4 Å². The van der Waals surface area contributed by atoms with Gasteiger partial charge in [-0.3, -0.25) is 5.10 Å². The third kappa shape index (κ3) is 6.24. The number of ether oxygens (including phenoxy) is 2. The van der Waals surface area contributed by atoms with Gasteiger partial charge in [0.2, 0.25) is 0 Å². The van der Waals surface area contributed by atoms with Crippen molar-refractivity contribution in [2.75, 3.05) is 11.9 Å².